The van der Waals surface area contributed by atoms with Gasteiger partial charge in [0.1, 0.15) is 0 Å². The number of halogens is 2. The number of fused-ring (bicyclic) bond motifs is 1. The second-order valence-electron chi connectivity index (χ2n) is 4.94. The Morgan fingerprint density at radius 1 is 0.950 bits per heavy atom. The topological polar surface area (TPSA) is 24.1 Å². The molecule has 0 fully saturated rings. The van der Waals surface area contributed by atoms with Gasteiger partial charge in [-0.3, -0.25) is 0 Å². The molecule has 2 nitrogen and oxygen atoms in total. The van der Waals surface area contributed by atoms with Crippen molar-refractivity contribution < 1.29 is 0 Å². The van der Waals surface area contributed by atoms with Crippen LogP contribution in [0.1, 0.15) is 22.7 Å². The van der Waals surface area contributed by atoms with Gasteiger partial charge in [0.05, 0.1) is 16.1 Å². The molecule has 20 heavy (non-hydrogen) atoms. The first-order valence-electron chi connectivity index (χ1n) is 6.72. The molecule has 0 saturated carbocycles. The molecule has 1 heterocycles. The van der Waals surface area contributed by atoms with Crippen LogP contribution < -0.4 is 10.6 Å². The summed E-state index contributed by atoms with van der Waals surface area (Å²) in [7, 11) is 0. The van der Waals surface area contributed by atoms with Gasteiger partial charge in [-0.05, 0) is 28.8 Å². The number of benzene rings is 2. The van der Waals surface area contributed by atoms with Crippen LogP contribution >= 0.6 is 23.2 Å². The molecule has 2 N–H and O–H groups in total. The Morgan fingerprint density at radius 2 is 1.70 bits per heavy atom. The number of hydrogen-bond donors (Lipinski definition) is 2. The maximum atomic E-state index is 6.21. The second kappa shape index (κ2) is 6.15. The quantitative estimate of drug-likeness (QED) is 0.838. The summed E-state index contributed by atoms with van der Waals surface area (Å²) in [5, 5.41) is 8.19. The first-order valence-corrected chi connectivity index (χ1v) is 7.48. The van der Waals surface area contributed by atoms with Crippen molar-refractivity contribution in [2.24, 2.45) is 0 Å². The monoisotopic (exact) mass is 306 g/mol. The van der Waals surface area contributed by atoms with E-state index in [4.69, 9.17) is 23.2 Å². The molecule has 0 saturated heterocycles. The molecule has 2 aromatic rings. The zero-order chi connectivity index (χ0) is 13.9. The Balaban J connectivity index is 2.10. The Kier molecular flexibility index (Phi) is 4.27. The summed E-state index contributed by atoms with van der Waals surface area (Å²) >= 11 is 12.4. The van der Waals surface area contributed by atoms with E-state index in [0.717, 1.165) is 19.6 Å². The van der Waals surface area contributed by atoms with Crippen molar-refractivity contribution >= 4 is 23.2 Å². The summed E-state index contributed by atoms with van der Waals surface area (Å²) in [6.45, 7) is 2.67. The van der Waals surface area contributed by atoms with Gasteiger partial charge in [0, 0.05) is 19.6 Å². The molecule has 0 radical (unpaired) electrons. The molecule has 1 aliphatic rings. The molecule has 0 spiro atoms. The van der Waals surface area contributed by atoms with Gasteiger partial charge in [0.2, 0.25) is 0 Å². The third-order valence-electron chi connectivity index (χ3n) is 3.59. The van der Waals surface area contributed by atoms with E-state index in [1.54, 1.807) is 0 Å². The molecular formula is C16H16Cl2N2. The number of nitrogens with one attached hydrogen (secondary N) is 2. The van der Waals surface area contributed by atoms with Gasteiger partial charge in [0.25, 0.3) is 0 Å². The molecule has 0 aliphatic carbocycles. The Bertz CT molecular complexity index is 599. The van der Waals surface area contributed by atoms with Gasteiger partial charge in [0.15, 0.2) is 0 Å². The lowest BCUT2D eigenvalue weighted by Gasteiger charge is -2.26. The minimum Gasteiger partial charge on any atom is -0.311 e. The highest BCUT2D eigenvalue weighted by atomic mass is 35.5. The van der Waals surface area contributed by atoms with Crippen LogP contribution in [0.4, 0.5) is 0 Å². The first-order chi connectivity index (χ1) is 9.75. The molecule has 0 amide bonds. The number of rotatable bonds is 1. The van der Waals surface area contributed by atoms with Crippen LogP contribution in [0, 0.1) is 0 Å². The summed E-state index contributed by atoms with van der Waals surface area (Å²) in [6, 6.07) is 14.5. The molecule has 2 aromatic carbocycles. The van der Waals surface area contributed by atoms with Crippen LogP contribution in [0.5, 0.6) is 0 Å². The molecule has 104 valence electrons. The molecular weight excluding hydrogens is 291 g/mol. The predicted octanol–water partition coefficient (Wildman–Crippen LogP) is 3.78. The Labute approximate surface area is 129 Å². The van der Waals surface area contributed by atoms with E-state index in [9.17, 15) is 0 Å². The van der Waals surface area contributed by atoms with Crippen molar-refractivity contribution in [1.82, 2.24) is 10.6 Å². The third kappa shape index (κ3) is 2.84. The van der Waals surface area contributed by atoms with E-state index in [1.807, 2.05) is 18.2 Å². The first kappa shape index (κ1) is 13.9. The summed E-state index contributed by atoms with van der Waals surface area (Å²) in [6.07, 6.45) is 0. The fourth-order valence-electron chi connectivity index (χ4n) is 2.61. The molecule has 3 rings (SSSR count). The lowest BCUT2D eigenvalue weighted by molar-refractivity contribution is 0.538. The third-order valence-corrected chi connectivity index (χ3v) is 4.31. The van der Waals surface area contributed by atoms with E-state index in [-0.39, 0.29) is 6.04 Å². The van der Waals surface area contributed by atoms with Crippen molar-refractivity contribution in [2.45, 2.75) is 12.6 Å². The molecule has 0 aromatic heterocycles. The smallest absolute Gasteiger partial charge is 0.0595 e. The summed E-state index contributed by atoms with van der Waals surface area (Å²) in [5.74, 6) is 0. The van der Waals surface area contributed by atoms with E-state index in [0.29, 0.717) is 10.0 Å². The summed E-state index contributed by atoms with van der Waals surface area (Å²) < 4.78 is 0. The van der Waals surface area contributed by atoms with E-state index >= 15 is 0 Å². The van der Waals surface area contributed by atoms with Crippen molar-refractivity contribution in [3.8, 4) is 0 Å². The van der Waals surface area contributed by atoms with Gasteiger partial charge in [-0.25, -0.2) is 0 Å². The van der Waals surface area contributed by atoms with Gasteiger partial charge >= 0.3 is 0 Å². The molecule has 1 aliphatic heterocycles. The lowest BCUT2D eigenvalue weighted by atomic mass is 9.93. The van der Waals surface area contributed by atoms with Crippen LogP contribution in [-0.4, -0.2) is 13.1 Å². The summed E-state index contributed by atoms with van der Waals surface area (Å²) in [5.41, 5.74) is 3.63. The van der Waals surface area contributed by atoms with Crippen LogP contribution in [0.25, 0.3) is 0 Å². The van der Waals surface area contributed by atoms with Gasteiger partial charge < -0.3 is 10.6 Å². The Morgan fingerprint density at radius 3 is 2.50 bits per heavy atom. The van der Waals surface area contributed by atoms with E-state index in [1.165, 1.54) is 16.7 Å². The lowest BCUT2D eigenvalue weighted by Crippen LogP contribution is -2.34. The SMILES string of the molecule is Clc1cc2c(cc1Cl)C(c1ccccc1)NCCNC2. The minimum absolute atomic E-state index is 0.156. The zero-order valence-electron chi connectivity index (χ0n) is 11.0. The minimum atomic E-state index is 0.156. The van der Waals surface area contributed by atoms with Crippen LogP contribution in [0.3, 0.4) is 0 Å². The average Bonchev–Trinajstić information content (AvgIpc) is 2.45. The second-order valence-corrected chi connectivity index (χ2v) is 5.75. The molecule has 1 atom stereocenters. The maximum absolute atomic E-state index is 6.21. The van der Waals surface area contributed by atoms with Crippen LogP contribution in [0.15, 0.2) is 42.5 Å². The highest BCUT2D eigenvalue weighted by Crippen LogP contribution is 2.32. The van der Waals surface area contributed by atoms with Gasteiger partial charge in [-0.15, -0.1) is 0 Å². The van der Waals surface area contributed by atoms with Crippen LogP contribution in [0.2, 0.25) is 10.0 Å². The van der Waals surface area contributed by atoms with Crippen molar-refractivity contribution in [1.29, 1.82) is 0 Å². The zero-order valence-corrected chi connectivity index (χ0v) is 12.5. The fraction of sp³-hybridized carbons (Fsp3) is 0.250. The fourth-order valence-corrected chi connectivity index (χ4v) is 2.96. The van der Waals surface area contributed by atoms with Crippen LogP contribution in [-0.2, 0) is 6.54 Å². The normalized spacial score (nSPS) is 19.0. The standard InChI is InChI=1S/C16H16Cl2N2/c17-14-8-12-10-19-6-7-20-16(13(12)9-15(14)18)11-4-2-1-3-5-11/h1-5,8-9,16,19-20H,6-7,10H2. The highest BCUT2D eigenvalue weighted by molar-refractivity contribution is 6.42. The van der Waals surface area contributed by atoms with Gasteiger partial charge in [-0.2, -0.15) is 0 Å². The Hall–Kier alpha value is -1.06. The van der Waals surface area contributed by atoms with Crippen molar-refractivity contribution in [3.05, 3.63) is 69.2 Å². The van der Waals surface area contributed by atoms with E-state index in [2.05, 4.69) is 34.9 Å². The highest BCUT2D eigenvalue weighted by Gasteiger charge is 2.20. The molecule has 0 bridgehead atoms. The average molecular weight is 307 g/mol. The largest absolute Gasteiger partial charge is 0.311 e. The molecule has 4 heteroatoms. The van der Waals surface area contributed by atoms with Gasteiger partial charge in [-0.1, -0.05) is 53.5 Å². The maximum Gasteiger partial charge on any atom is 0.0595 e. The summed E-state index contributed by atoms with van der Waals surface area (Å²) in [4.78, 5) is 0. The van der Waals surface area contributed by atoms with E-state index < -0.39 is 0 Å². The predicted molar refractivity (Wildman–Crippen MR) is 84.5 cm³/mol. The molecule has 1 unspecified atom stereocenters. The van der Waals surface area contributed by atoms with Crippen molar-refractivity contribution in [2.75, 3.05) is 13.1 Å². The van der Waals surface area contributed by atoms with Crippen molar-refractivity contribution in [3.63, 3.8) is 0 Å². The number of hydrogen-bond acceptors (Lipinski definition) is 2.